The van der Waals surface area contributed by atoms with E-state index in [2.05, 4.69) is 26.2 Å². The quantitative estimate of drug-likeness (QED) is 0.701. The molecule has 25 heavy (non-hydrogen) atoms. The van der Waals surface area contributed by atoms with Gasteiger partial charge in [-0.15, -0.1) is 11.3 Å². The number of aromatic nitrogens is 2. The molecule has 1 fully saturated rings. The van der Waals surface area contributed by atoms with Gasteiger partial charge >= 0.3 is 0 Å². The van der Waals surface area contributed by atoms with E-state index in [4.69, 9.17) is 0 Å². The number of nitrogens with zero attached hydrogens (tertiary/aromatic N) is 2. The van der Waals surface area contributed by atoms with Gasteiger partial charge in [-0.2, -0.15) is 0 Å². The first-order valence-corrected chi connectivity index (χ1v) is 9.68. The normalized spacial score (nSPS) is 14.0. The first-order chi connectivity index (χ1) is 12.0. The predicted molar refractivity (Wildman–Crippen MR) is 102 cm³/mol. The number of carbonyl (C=O) groups is 1. The summed E-state index contributed by atoms with van der Waals surface area (Å²) in [5, 5.41) is 2.93. The molecule has 1 saturated carbocycles. The number of fused-ring (bicyclic) bond motifs is 1. The van der Waals surface area contributed by atoms with Crippen LogP contribution in [0.15, 0.2) is 39.9 Å². The maximum absolute atomic E-state index is 12.7. The topological polar surface area (TPSA) is 64.0 Å². The molecule has 0 aliphatic heterocycles. The molecule has 3 aromatic rings. The van der Waals surface area contributed by atoms with Crippen LogP contribution in [-0.2, 0) is 6.54 Å². The fourth-order valence-electron chi connectivity index (χ4n) is 2.89. The van der Waals surface area contributed by atoms with Gasteiger partial charge in [0.15, 0.2) is 0 Å². The third kappa shape index (κ3) is 3.14. The van der Waals surface area contributed by atoms with Gasteiger partial charge in [0.05, 0.1) is 11.9 Å². The molecule has 1 amide bonds. The van der Waals surface area contributed by atoms with Crippen LogP contribution in [-0.4, -0.2) is 15.5 Å². The summed E-state index contributed by atoms with van der Waals surface area (Å²) in [6.45, 7) is 2.29. The van der Waals surface area contributed by atoms with Gasteiger partial charge in [-0.1, -0.05) is 28.1 Å². The van der Waals surface area contributed by atoms with E-state index in [1.54, 1.807) is 10.9 Å². The summed E-state index contributed by atoms with van der Waals surface area (Å²) >= 11 is 4.78. The molecule has 4 rings (SSSR count). The number of aryl methyl sites for hydroxylation is 1. The molecule has 7 heteroatoms. The summed E-state index contributed by atoms with van der Waals surface area (Å²) in [6, 6.07) is 8.07. The van der Waals surface area contributed by atoms with Crippen LogP contribution in [0, 0.1) is 6.92 Å². The van der Waals surface area contributed by atoms with E-state index in [9.17, 15) is 9.59 Å². The minimum atomic E-state index is -0.195. The van der Waals surface area contributed by atoms with Gasteiger partial charge in [-0.25, -0.2) is 4.98 Å². The Labute approximate surface area is 156 Å². The zero-order valence-electron chi connectivity index (χ0n) is 13.6. The molecule has 1 aliphatic rings. The van der Waals surface area contributed by atoms with E-state index in [0.29, 0.717) is 22.3 Å². The highest BCUT2D eigenvalue weighted by molar-refractivity contribution is 9.10. The molecule has 0 radical (unpaired) electrons. The molecule has 2 heterocycles. The SMILES string of the molecule is Cc1sc2c(=O)n(C3CC3)cnc2c1C(=O)NCc1cccc(Br)c1. The molecule has 0 bridgehead atoms. The van der Waals surface area contributed by atoms with E-state index in [0.717, 1.165) is 27.8 Å². The highest BCUT2D eigenvalue weighted by Gasteiger charge is 2.27. The summed E-state index contributed by atoms with van der Waals surface area (Å²) in [5.74, 6) is -0.195. The van der Waals surface area contributed by atoms with Crippen LogP contribution in [0.25, 0.3) is 10.2 Å². The Balaban J connectivity index is 1.64. The Morgan fingerprint density at radius 1 is 1.44 bits per heavy atom. The average molecular weight is 418 g/mol. The molecule has 0 spiro atoms. The number of hydrogen-bond acceptors (Lipinski definition) is 4. The Bertz CT molecular complexity index is 1040. The minimum Gasteiger partial charge on any atom is -0.348 e. The first kappa shape index (κ1) is 16.5. The number of hydrogen-bond donors (Lipinski definition) is 1. The first-order valence-electron chi connectivity index (χ1n) is 8.07. The Hall–Kier alpha value is -1.99. The van der Waals surface area contributed by atoms with Crippen molar-refractivity contribution in [2.24, 2.45) is 0 Å². The van der Waals surface area contributed by atoms with Crippen molar-refractivity contribution in [2.75, 3.05) is 0 Å². The predicted octanol–water partition coefficient (Wildman–Crippen LogP) is 3.79. The van der Waals surface area contributed by atoms with Gasteiger partial charge in [0.2, 0.25) is 0 Å². The number of thiophene rings is 1. The van der Waals surface area contributed by atoms with E-state index < -0.39 is 0 Å². The second-order valence-electron chi connectivity index (χ2n) is 6.21. The summed E-state index contributed by atoms with van der Waals surface area (Å²) < 4.78 is 3.24. The Kier molecular flexibility index (Phi) is 4.21. The van der Waals surface area contributed by atoms with Gasteiger partial charge in [0, 0.05) is 21.9 Å². The molecule has 1 N–H and O–H groups in total. The lowest BCUT2D eigenvalue weighted by Crippen LogP contribution is -2.24. The second-order valence-corrected chi connectivity index (χ2v) is 8.35. The molecule has 128 valence electrons. The molecule has 5 nitrogen and oxygen atoms in total. The van der Waals surface area contributed by atoms with E-state index in [1.807, 2.05) is 31.2 Å². The maximum atomic E-state index is 12.7. The largest absolute Gasteiger partial charge is 0.348 e. The number of halogens is 1. The van der Waals surface area contributed by atoms with Gasteiger partial charge in [0.25, 0.3) is 11.5 Å². The molecule has 0 atom stereocenters. The number of benzene rings is 1. The van der Waals surface area contributed by atoms with Gasteiger partial charge in [-0.3, -0.25) is 14.2 Å². The van der Waals surface area contributed by atoms with Crippen molar-refractivity contribution in [3.63, 3.8) is 0 Å². The summed E-state index contributed by atoms with van der Waals surface area (Å²) in [7, 11) is 0. The van der Waals surface area contributed by atoms with Crippen LogP contribution < -0.4 is 10.9 Å². The van der Waals surface area contributed by atoms with Crippen LogP contribution in [0.2, 0.25) is 0 Å². The zero-order valence-corrected chi connectivity index (χ0v) is 16.0. The molecule has 0 saturated heterocycles. The number of nitrogens with one attached hydrogen (secondary N) is 1. The molecule has 1 aliphatic carbocycles. The Morgan fingerprint density at radius 3 is 2.96 bits per heavy atom. The maximum Gasteiger partial charge on any atom is 0.271 e. The molecule has 0 unspecified atom stereocenters. The summed E-state index contributed by atoms with van der Waals surface area (Å²) in [6.07, 6.45) is 3.63. The van der Waals surface area contributed by atoms with Crippen molar-refractivity contribution in [3.05, 3.63) is 61.4 Å². The van der Waals surface area contributed by atoms with Crippen molar-refractivity contribution < 1.29 is 4.79 Å². The monoisotopic (exact) mass is 417 g/mol. The number of carbonyl (C=O) groups excluding carboxylic acids is 1. The number of amides is 1. The van der Waals surface area contributed by atoms with E-state index in [1.165, 1.54) is 11.3 Å². The third-order valence-corrected chi connectivity index (χ3v) is 5.88. The van der Waals surface area contributed by atoms with Gasteiger partial charge in [-0.05, 0) is 37.5 Å². The van der Waals surface area contributed by atoms with Crippen LogP contribution in [0.3, 0.4) is 0 Å². The Morgan fingerprint density at radius 2 is 2.24 bits per heavy atom. The van der Waals surface area contributed by atoms with Gasteiger partial charge in [0.1, 0.15) is 10.2 Å². The fourth-order valence-corrected chi connectivity index (χ4v) is 4.38. The standard InChI is InChI=1S/C18H16BrN3O2S/c1-10-14(17(23)20-8-11-3-2-4-12(19)7-11)15-16(25-10)18(24)22(9-21-15)13-5-6-13/h2-4,7,9,13H,5-6,8H2,1H3,(H,20,23). The molecular formula is C18H16BrN3O2S. The van der Waals surface area contributed by atoms with E-state index in [-0.39, 0.29) is 17.5 Å². The second kappa shape index (κ2) is 6.38. The molecule has 2 aromatic heterocycles. The van der Waals surface area contributed by atoms with Crippen molar-refractivity contribution >= 4 is 43.4 Å². The van der Waals surface area contributed by atoms with E-state index >= 15 is 0 Å². The van der Waals surface area contributed by atoms with Crippen molar-refractivity contribution in [1.82, 2.24) is 14.9 Å². The zero-order chi connectivity index (χ0) is 17.6. The van der Waals surface area contributed by atoms with Crippen LogP contribution in [0.1, 0.15) is 39.7 Å². The lowest BCUT2D eigenvalue weighted by molar-refractivity contribution is 0.0952. The molecular weight excluding hydrogens is 402 g/mol. The van der Waals surface area contributed by atoms with Crippen molar-refractivity contribution in [1.29, 1.82) is 0 Å². The highest BCUT2D eigenvalue weighted by Crippen LogP contribution is 2.34. The lowest BCUT2D eigenvalue weighted by atomic mass is 10.2. The lowest BCUT2D eigenvalue weighted by Gasteiger charge is -2.06. The van der Waals surface area contributed by atoms with Crippen molar-refractivity contribution in [2.45, 2.75) is 32.4 Å². The minimum absolute atomic E-state index is 0.0355. The fraction of sp³-hybridized carbons (Fsp3) is 0.278. The van der Waals surface area contributed by atoms with Crippen LogP contribution in [0.4, 0.5) is 0 Å². The average Bonchev–Trinajstić information content (AvgIpc) is 3.36. The van der Waals surface area contributed by atoms with Crippen molar-refractivity contribution in [3.8, 4) is 0 Å². The third-order valence-electron chi connectivity index (χ3n) is 4.31. The van der Waals surface area contributed by atoms with Crippen LogP contribution >= 0.6 is 27.3 Å². The smallest absolute Gasteiger partial charge is 0.271 e. The van der Waals surface area contributed by atoms with Crippen LogP contribution in [0.5, 0.6) is 0 Å². The summed E-state index contributed by atoms with van der Waals surface area (Å²) in [5.41, 5.74) is 1.99. The number of rotatable bonds is 4. The highest BCUT2D eigenvalue weighted by atomic mass is 79.9. The van der Waals surface area contributed by atoms with Gasteiger partial charge < -0.3 is 5.32 Å². The molecule has 1 aromatic carbocycles. The summed E-state index contributed by atoms with van der Waals surface area (Å²) in [4.78, 5) is 30.5.